The predicted octanol–water partition coefficient (Wildman–Crippen LogP) is 2.39. The molecule has 1 N–H and O–H groups in total. The first kappa shape index (κ1) is 16.2. The summed E-state index contributed by atoms with van der Waals surface area (Å²) >= 11 is 0. The van der Waals surface area contributed by atoms with Crippen LogP contribution in [0, 0.1) is 0 Å². The maximum atomic E-state index is 12.1. The SMILES string of the molecule is CNC(=O)[C@H]1CN(Cc2ccn(-c3ccccc3)n2)c2ccccc2O1. The minimum atomic E-state index is -0.536. The third-order valence-corrected chi connectivity index (χ3v) is 4.42. The minimum Gasteiger partial charge on any atom is -0.477 e. The van der Waals surface area contributed by atoms with Crippen LogP contribution in [0.5, 0.6) is 5.75 Å². The monoisotopic (exact) mass is 348 g/mol. The largest absolute Gasteiger partial charge is 0.477 e. The van der Waals surface area contributed by atoms with E-state index in [0.717, 1.165) is 22.8 Å². The van der Waals surface area contributed by atoms with Crippen LogP contribution < -0.4 is 15.0 Å². The molecule has 1 aliphatic rings. The number of benzene rings is 2. The van der Waals surface area contributed by atoms with Gasteiger partial charge in [0.15, 0.2) is 6.10 Å². The van der Waals surface area contributed by atoms with Gasteiger partial charge in [0.25, 0.3) is 5.91 Å². The summed E-state index contributed by atoms with van der Waals surface area (Å²) in [6.07, 6.45) is 1.42. The van der Waals surface area contributed by atoms with Crippen molar-refractivity contribution in [1.82, 2.24) is 15.1 Å². The summed E-state index contributed by atoms with van der Waals surface area (Å²) in [5.41, 5.74) is 2.92. The highest BCUT2D eigenvalue weighted by molar-refractivity contribution is 5.83. The fourth-order valence-corrected chi connectivity index (χ4v) is 3.12. The molecule has 1 atom stereocenters. The van der Waals surface area contributed by atoms with Crippen LogP contribution in [0.25, 0.3) is 5.69 Å². The van der Waals surface area contributed by atoms with E-state index in [1.54, 1.807) is 7.05 Å². The number of nitrogens with one attached hydrogen (secondary N) is 1. The van der Waals surface area contributed by atoms with Crippen molar-refractivity contribution in [3.05, 3.63) is 72.6 Å². The van der Waals surface area contributed by atoms with Gasteiger partial charge in [-0.3, -0.25) is 4.79 Å². The zero-order chi connectivity index (χ0) is 17.9. The molecule has 6 nitrogen and oxygen atoms in total. The van der Waals surface area contributed by atoms with E-state index in [-0.39, 0.29) is 5.91 Å². The lowest BCUT2D eigenvalue weighted by molar-refractivity contribution is -0.127. The lowest BCUT2D eigenvalue weighted by Gasteiger charge is -2.35. The van der Waals surface area contributed by atoms with Gasteiger partial charge >= 0.3 is 0 Å². The average molecular weight is 348 g/mol. The number of ether oxygens (including phenoxy) is 1. The summed E-state index contributed by atoms with van der Waals surface area (Å²) in [6, 6.07) is 19.8. The van der Waals surface area contributed by atoms with Crippen molar-refractivity contribution in [2.24, 2.45) is 0 Å². The van der Waals surface area contributed by atoms with Crippen LogP contribution in [0.15, 0.2) is 66.9 Å². The molecule has 4 rings (SSSR count). The van der Waals surface area contributed by atoms with Crippen molar-refractivity contribution in [2.45, 2.75) is 12.6 Å². The molecule has 0 radical (unpaired) electrons. The molecule has 2 heterocycles. The van der Waals surface area contributed by atoms with E-state index in [4.69, 9.17) is 4.74 Å². The number of likely N-dealkylation sites (N-methyl/N-ethyl adjacent to an activating group) is 1. The van der Waals surface area contributed by atoms with E-state index in [1.165, 1.54) is 0 Å². The number of hydrogen-bond donors (Lipinski definition) is 1. The Morgan fingerprint density at radius 2 is 1.92 bits per heavy atom. The van der Waals surface area contributed by atoms with E-state index in [0.29, 0.717) is 13.1 Å². The number of aromatic nitrogens is 2. The maximum Gasteiger partial charge on any atom is 0.262 e. The van der Waals surface area contributed by atoms with Gasteiger partial charge in [0.05, 0.1) is 30.2 Å². The summed E-state index contributed by atoms with van der Waals surface area (Å²) in [4.78, 5) is 14.2. The van der Waals surface area contributed by atoms with Crippen molar-refractivity contribution < 1.29 is 9.53 Å². The van der Waals surface area contributed by atoms with Gasteiger partial charge in [0, 0.05) is 13.2 Å². The number of carbonyl (C=O) groups excluding carboxylic acids is 1. The van der Waals surface area contributed by atoms with Gasteiger partial charge in [-0.1, -0.05) is 30.3 Å². The Morgan fingerprint density at radius 1 is 1.15 bits per heavy atom. The molecule has 132 valence electrons. The summed E-state index contributed by atoms with van der Waals surface area (Å²) in [7, 11) is 1.62. The quantitative estimate of drug-likeness (QED) is 0.786. The molecule has 0 saturated heterocycles. The summed E-state index contributed by atoms with van der Waals surface area (Å²) in [6.45, 7) is 1.09. The summed E-state index contributed by atoms with van der Waals surface area (Å²) in [5.74, 6) is 0.592. The molecule has 0 fully saturated rings. The molecule has 0 bridgehead atoms. The van der Waals surface area contributed by atoms with Crippen molar-refractivity contribution in [3.63, 3.8) is 0 Å². The fourth-order valence-electron chi connectivity index (χ4n) is 3.12. The topological polar surface area (TPSA) is 59.4 Å². The highest BCUT2D eigenvalue weighted by atomic mass is 16.5. The summed E-state index contributed by atoms with van der Waals surface area (Å²) in [5, 5.41) is 7.34. The van der Waals surface area contributed by atoms with Gasteiger partial charge in [-0.2, -0.15) is 5.10 Å². The second-order valence-electron chi connectivity index (χ2n) is 6.16. The standard InChI is InChI=1S/C20H20N4O2/c1-21-20(25)19-14-23(17-9-5-6-10-18(17)26-19)13-15-11-12-24(22-15)16-7-3-2-4-8-16/h2-12,19H,13-14H2,1H3,(H,21,25)/t19-/m1/s1. The average Bonchev–Trinajstić information content (AvgIpc) is 3.16. The number of amides is 1. The molecule has 2 aromatic carbocycles. The van der Waals surface area contributed by atoms with Crippen LogP contribution in [0.2, 0.25) is 0 Å². The Balaban J connectivity index is 1.59. The molecule has 0 unspecified atom stereocenters. The zero-order valence-corrected chi connectivity index (χ0v) is 14.5. The first-order valence-electron chi connectivity index (χ1n) is 8.57. The van der Waals surface area contributed by atoms with E-state index in [2.05, 4.69) is 15.3 Å². The van der Waals surface area contributed by atoms with Gasteiger partial charge in [-0.15, -0.1) is 0 Å². The summed E-state index contributed by atoms with van der Waals surface area (Å²) < 4.78 is 7.71. The highest BCUT2D eigenvalue weighted by Gasteiger charge is 2.30. The molecule has 26 heavy (non-hydrogen) atoms. The minimum absolute atomic E-state index is 0.126. The Morgan fingerprint density at radius 3 is 2.73 bits per heavy atom. The van der Waals surface area contributed by atoms with Crippen molar-refractivity contribution in [1.29, 1.82) is 0 Å². The van der Waals surface area contributed by atoms with Crippen LogP contribution in [0.3, 0.4) is 0 Å². The van der Waals surface area contributed by atoms with Gasteiger partial charge < -0.3 is 15.0 Å². The van der Waals surface area contributed by atoms with Crippen molar-refractivity contribution in [2.75, 3.05) is 18.5 Å². The number of hydrogen-bond acceptors (Lipinski definition) is 4. The van der Waals surface area contributed by atoms with Crippen LogP contribution in [0.1, 0.15) is 5.69 Å². The molecular weight excluding hydrogens is 328 g/mol. The fraction of sp³-hybridized carbons (Fsp3) is 0.200. The van der Waals surface area contributed by atoms with Gasteiger partial charge in [-0.05, 0) is 30.3 Å². The first-order chi connectivity index (χ1) is 12.7. The highest BCUT2D eigenvalue weighted by Crippen LogP contribution is 2.34. The maximum absolute atomic E-state index is 12.1. The Bertz CT molecular complexity index is 907. The number of nitrogens with zero attached hydrogens (tertiary/aromatic N) is 3. The van der Waals surface area contributed by atoms with E-state index >= 15 is 0 Å². The second kappa shape index (κ2) is 6.92. The van der Waals surface area contributed by atoms with Crippen LogP contribution in [-0.2, 0) is 11.3 Å². The van der Waals surface area contributed by atoms with E-state index in [9.17, 15) is 4.79 Å². The van der Waals surface area contributed by atoms with Gasteiger partial charge in [-0.25, -0.2) is 4.68 Å². The third-order valence-electron chi connectivity index (χ3n) is 4.42. The van der Waals surface area contributed by atoms with Crippen molar-refractivity contribution in [3.8, 4) is 11.4 Å². The normalized spacial score (nSPS) is 15.9. The lowest BCUT2D eigenvalue weighted by Crippen LogP contribution is -2.48. The second-order valence-corrected chi connectivity index (χ2v) is 6.16. The molecular formula is C20H20N4O2. The molecule has 1 amide bonds. The number of rotatable bonds is 4. The Kier molecular flexibility index (Phi) is 4.31. The van der Waals surface area contributed by atoms with E-state index in [1.807, 2.05) is 71.5 Å². The molecule has 0 spiro atoms. The number of carbonyl (C=O) groups is 1. The zero-order valence-electron chi connectivity index (χ0n) is 14.5. The number of anilines is 1. The third kappa shape index (κ3) is 3.13. The van der Waals surface area contributed by atoms with Crippen molar-refractivity contribution >= 4 is 11.6 Å². The molecule has 0 saturated carbocycles. The number of para-hydroxylation sites is 3. The molecule has 0 aliphatic carbocycles. The molecule has 1 aliphatic heterocycles. The van der Waals surface area contributed by atoms with Crippen LogP contribution in [0.4, 0.5) is 5.69 Å². The Labute approximate surface area is 152 Å². The number of fused-ring (bicyclic) bond motifs is 1. The van der Waals surface area contributed by atoms with Gasteiger partial charge in [0.1, 0.15) is 5.75 Å². The van der Waals surface area contributed by atoms with E-state index < -0.39 is 6.10 Å². The molecule has 3 aromatic rings. The predicted molar refractivity (Wildman–Crippen MR) is 99.5 cm³/mol. The first-order valence-corrected chi connectivity index (χ1v) is 8.57. The van der Waals surface area contributed by atoms with Crippen LogP contribution in [-0.4, -0.2) is 35.4 Å². The van der Waals surface area contributed by atoms with Crippen LogP contribution >= 0.6 is 0 Å². The smallest absolute Gasteiger partial charge is 0.262 e. The molecule has 1 aromatic heterocycles. The Hall–Kier alpha value is -3.28. The van der Waals surface area contributed by atoms with Gasteiger partial charge in [0.2, 0.25) is 0 Å². The molecule has 6 heteroatoms. The lowest BCUT2D eigenvalue weighted by atomic mass is 10.1.